The molecule has 0 unspecified atom stereocenters. The molecule has 1 aromatic carbocycles. The zero-order chi connectivity index (χ0) is 10.9. The van der Waals surface area contributed by atoms with Gasteiger partial charge in [-0.1, -0.05) is 6.07 Å². The molecule has 0 spiro atoms. The van der Waals surface area contributed by atoms with Crippen molar-refractivity contribution in [3.8, 4) is 0 Å². The standard InChI is InChI=1S/C8H5F5O/c9-4-2-1-3-5(10)6(4)7(14)8(11,12)13/h1-3,7,14H/t7-/m0/s1. The molecule has 6 heteroatoms. The molecule has 1 N–H and O–H groups in total. The summed E-state index contributed by atoms with van der Waals surface area (Å²) in [6.07, 6.45) is -8.22. The van der Waals surface area contributed by atoms with Gasteiger partial charge in [0.05, 0.1) is 5.56 Å². The van der Waals surface area contributed by atoms with E-state index in [1.165, 1.54) is 0 Å². The number of halogens is 5. The Balaban J connectivity index is 3.19. The van der Waals surface area contributed by atoms with Crippen molar-refractivity contribution in [2.24, 2.45) is 0 Å². The maximum absolute atomic E-state index is 12.7. The topological polar surface area (TPSA) is 20.2 Å². The Labute approximate surface area is 75.8 Å². The van der Waals surface area contributed by atoms with Crippen LogP contribution >= 0.6 is 0 Å². The van der Waals surface area contributed by atoms with E-state index in [9.17, 15) is 22.0 Å². The molecule has 0 saturated heterocycles. The average molecular weight is 212 g/mol. The number of alkyl halides is 3. The van der Waals surface area contributed by atoms with Crippen LogP contribution in [0.2, 0.25) is 0 Å². The second-order valence-electron chi connectivity index (χ2n) is 2.58. The minimum atomic E-state index is -5.08. The van der Waals surface area contributed by atoms with E-state index in [1.807, 2.05) is 0 Å². The first-order chi connectivity index (χ1) is 6.34. The summed E-state index contributed by atoms with van der Waals surface area (Å²) in [5.41, 5.74) is -1.38. The molecule has 78 valence electrons. The van der Waals surface area contributed by atoms with E-state index in [2.05, 4.69) is 0 Å². The fourth-order valence-corrected chi connectivity index (χ4v) is 0.936. The third kappa shape index (κ3) is 2.01. The Bertz CT molecular complexity index is 313. The molecule has 14 heavy (non-hydrogen) atoms. The summed E-state index contributed by atoms with van der Waals surface area (Å²) in [7, 11) is 0. The molecule has 0 fully saturated rings. The number of aliphatic hydroxyl groups is 1. The molecule has 0 bridgehead atoms. The van der Waals surface area contributed by atoms with Crippen LogP contribution in [0.1, 0.15) is 11.7 Å². The lowest BCUT2D eigenvalue weighted by molar-refractivity contribution is -0.208. The third-order valence-electron chi connectivity index (χ3n) is 1.58. The monoisotopic (exact) mass is 212 g/mol. The highest BCUT2D eigenvalue weighted by molar-refractivity contribution is 5.23. The Hall–Kier alpha value is -1.17. The van der Waals surface area contributed by atoms with Gasteiger partial charge < -0.3 is 5.11 Å². The van der Waals surface area contributed by atoms with E-state index in [-0.39, 0.29) is 0 Å². The second-order valence-corrected chi connectivity index (χ2v) is 2.58. The molecule has 0 amide bonds. The van der Waals surface area contributed by atoms with E-state index >= 15 is 0 Å². The Morgan fingerprint density at radius 3 is 1.86 bits per heavy atom. The summed E-state index contributed by atoms with van der Waals surface area (Å²) in [4.78, 5) is 0. The number of rotatable bonds is 1. The fourth-order valence-electron chi connectivity index (χ4n) is 0.936. The van der Waals surface area contributed by atoms with Crippen LogP contribution in [-0.2, 0) is 0 Å². The summed E-state index contributed by atoms with van der Waals surface area (Å²) >= 11 is 0. The van der Waals surface area contributed by atoms with Gasteiger partial charge in [0.15, 0.2) is 6.10 Å². The highest BCUT2D eigenvalue weighted by Crippen LogP contribution is 2.34. The lowest BCUT2D eigenvalue weighted by Gasteiger charge is -2.15. The van der Waals surface area contributed by atoms with Gasteiger partial charge in [0.1, 0.15) is 11.6 Å². The first kappa shape index (κ1) is 10.9. The smallest absolute Gasteiger partial charge is 0.379 e. The third-order valence-corrected chi connectivity index (χ3v) is 1.58. The van der Waals surface area contributed by atoms with Crippen LogP contribution in [0, 0.1) is 11.6 Å². The lowest BCUT2D eigenvalue weighted by Crippen LogP contribution is -2.22. The summed E-state index contributed by atoms with van der Waals surface area (Å²) in [5.74, 6) is -2.84. The fraction of sp³-hybridized carbons (Fsp3) is 0.250. The van der Waals surface area contributed by atoms with Crippen LogP contribution in [0.15, 0.2) is 18.2 Å². The van der Waals surface area contributed by atoms with Crippen LogP contribution in [0.25, 0.3) is 0 Å². The quantitative estimate of drug-likeness (QED) is 0.709. The number of aliphatic hydroxyl groups excluding tert-OH is 1. The van der Waals surface area contributed by atoms with E-state index in [1.54, 1.807) is 0 Å². The highest BCUT2D eigenvalue weighted by atomic mass is 19.4. The molecule has 1 rings (SSSR count). The van der Waals surface area contributed by atoms with E-state index < -0.39 is 29.5 Å². The molecule has 0 aliphatic heterocycles. The SMILES string of the molecule is O[C@@H](c1c(F)cccc1F)C(F)(F)F. The maximum Gasteiger partial charge on any atom is 0.418 e. The van der Waals surface area contributed by atoms with Crippen LogP contribution in [0.5, 0.6) is 0 Å². The molecule has 1 aromatic rings. The average Bonchev–Trinajstić information content (AvgIpc) is 2.01. The van der Waals surface area contributed by atoms with Crippen LogP contribution in [0.3, 0.4) is 0 Å². The highest BCUT2D eigenvalue weighted by Gasteiger charge is 2.42. The molecular formula is C8H5F5O. The summed E-state index contributed by atoms with van der Waals surface area (Å²) in [6, 6.07) is 2.21. The molecular weight excluding hydrogens is 207 g/mol. The van der Waals surface area contributed by atoms with E-state index in [4.69, 9.17) is 5.11 Å². The molecule has 1 atom stereocenters. The maximum atomic E-state index is 12.7. The van der Waals surface area contributed by atoms with Gasteiger partial charge in [0.25, 0.3) is 0 Å². The first-order valence-corrected chi connectivity index (χ1v) is 3.52. The van der Waals surface area contributed by atoms with Gasteiger partial charge >= 0.3 is 6.18 Å². The molecule has 0 aliphatic rings. The molecule has 0 heterocycles. The predicted octanol–water partition coefficient (Wildman–Crippen LogP) is 2.56. The first-order valence-electron chi connectivity index (χ1n) is 3.52. The molecule has 1 nitrogen and oxygen atoms in total. The van der Waals surface area contributed by atoms with Crippen molar-refractivity contribution in [3.05, 3.63) is 35.4 Å². The number of benzene rings is 1. The second kappa shape index (κ2) is 3.53. The minimum Gasteiger partial charge on any atom is -0.379 e. The molecule has 0 saturated carbocycles. The summed E-state index contributed by atoms with van der Waals surface area (Å²) in [6.45, 7) is 0. The molecule has 0 aromatic heterocycles. The van der Waals surface area contributed by atoms with Crippen molar-refractivity contribution in [2.45, 2.75) is 12.3 Å². The molecule has 0 radical (unpaired) electrons. The minimum absolute atomic E-state index is 0.646. The van der Waals surface area contributed by atoms with E-state index in [0.29, 0.717) is 12.1 Å². The van der Waals surface area contributed by atoms with Crippen molar-refractivity contribution in [1.82, 2.24) is 0 Å². The van der Waals surface area contributed by atoms with Crippen molar-refractivity contribution >= 4 is 0 Å². The summed E-state index contributed by atoms with van der Waals surface area (Å²) < 4.78 is 61.2. The Morgan fingerprint density at radius 1 is 1.07 bits per heavy atom. The number of hydrogen-bond donors (Lipinski definition) is 1. The van der Waals surface area contributed by atoms with Gasteiger partial charge in [-0.3, -0.25) is 0 Å². The lowest BCUT2D eigenvalue weighted by atomic mass is 10.1. The summed E-state index contributed by atoms with van der Waals surface area (Å²) in [5, 5.41) is 8.61. The Morgan fingerprint density at radius 2 is 1.50 bits per heavy atom. The predicted molar refractivity (Wildman–Crippen MR) is 37.4 cm³/mol. The van der Waals surface area contributed by atoms with Crippen LogP contribution in [0.4, 0.5) is 22.0 Å². The van der Waals surface area contributed by atoms with Gasteiger partial charge in [-0.2, -0.15) is 13.2 Å². The van der Waals surface area contributed by atoms with Crippen molar-refractivity contribution < 1.29 is 27.1 Å². The Kier molecular flexibility index (Phi) is 2.75. The van der Waals surface area contributed by atoms with Gasteiger partial charge in [0, 0.05) is 0 Å². The number of hydrogen-bond acceptors (Lipinski definition) is 1. The van der Waals surface area contributed by atoms with Crippen molar-refractivity contribution in [2.75, 3.05) is 0 Å². The van der Waals surface area contributed by atoms with E-state index in [0.717, 1.165) is 6.07 Å². The van der Waals surface area contributed by atoms with Gasteiger partial charge in [-0.15, -0.1) is 0 Å². The van der Waals surface area contributed by atoms with Gasteiger partial charge in [-0.05, 0) is 12.1 Å². The van der Waals surface area contributed by atoms with Crippen LogP contribution < -0.4 is 0 Å². The van der Waals surface area contributed by atoms with Gasteiger partial charge in [-0.25, -0.2) is 8.78 Å². The van der Waals surface area contributed by atoms with Gasteiger partial charge in [0.2, 0.25) is 0 Å². The van der Waals surface area contributed by atoms with Crippen molar-refractivity contribution in [1.29, 1.82) is 0 Å². The van der Waals surface area contributed by atoms with Crippen molar-refractivity contribution in [3.63, 3.8) is 0 Å². The zero-order valence-corrected chi connectivity index (χ0v) is 6.65. The molecule has 0 aliphatic carbocycles. The zero-order valence-electron chi connectivity index (χ0n) is 6.65. The van der Waals surface area contributed by atoms with Crippen LogP contribution in [-0.4, -0.2) is 11.3 Å². The largest absolute Gasteiger partial charge is 0.418 e. The normalized spacial score (nSPS) is 14.1.